The fraction of sp³-hybridized carbons (Fsp3) is 0.0435. The number of nitrogens with zero attached hydrogens (tertiary/aromatic N) is 3. The van der Waals surface area contributed by atoms with Crippen molar-refractivity contribution in [2.45, 2.75) is 6.54 Å². The third-order valence-electron chi connectivity index (χ3n) is 4.65. The third-order valence-corrected chi connectivity index (χ3v) is 4.65. The Morgan fingerprint density at radius 3 is 2.32 bits per heavy atom. The van der Waals surface area contributed by atoms with Crippen molar-refractivity contribution >= 4 is 34.1 Å². The molecular weight excluding hydrogens is 396 g/mol. The molecule has 2 amide bonds. The van der Waals surface area contributed by atoms with Crippen LogP contribution in [0.1, 0.15) is 10.4 Å². The van der Waals surface area contributed by atoms with Crippen LogP contribution in [0, 0.1) is 0 Å². The molecule has 0 saturated heterocycles. The minimum absolute atomic E-state index is 0.00304. The fourth-order valence-corrected chi connectivity index (χ4v) is 3.20. The smallest absolute Gasteiger partial charge is 0.299 e. The highest BCUT2D eigenvalue weighted by Gasteiger charge is 2.19. The number of aromatic nitrogens is 1. The summed E-state index contributed by atoms with van der Waals surface area (Å²) in [7, 11) is 0. The van der Waals surface area contributed by atoms with Gasteiger partial charge in [-0.3, -0.25) is 9.59 Å². The number of para-hydroxylation sites is 3. The molecule has 4 aromatic rings. The first-order chi connectivity index (χ1) is 15.0. The summed E-state index contributed by atoms with van der Waals surface area (Å²) in [6, 6.07) is 21.9. The zero-order valence-corrected chi connectivity index (χ0v) is 16.3. The number of benzene rings is 3. The lowest BCUT2D eigenvalue weighted by atomic mass is 10.2. The van der Waals surface area contributed by atoms with E-state index >= 15 is 0 Å². The monoisotopic (exact) mass is 414 g/mol. The number of amides is 2. The Balaban J connectivity index is 1.64. The van der Waals surface area contributed by atoms with Gasteiger partial charge >= 0.3 is 0 Å². The molecule has 8 nitrogen and oxygen atoms in total. The molecule has 3 aromatic carbocycles. The Kier molecular flexibility index (Phi) is 5.44. The molecule has 0 unspecified atom stereocenters. The van der Waals surface area contributed by atoms with Crippen molar-refractivity contribution in [1.29, 1.82) is 0 Å². The van der Waals surface area contributed by atoms with E-state index in [9.17, 15) is 19.8 Å². The molecule has 0 spiro atoms. The van der Waals surface area contributed by atoms with E-state index in [2.05, 4.69) is 15.5 Å². The predicted octanol–water partition coefficient (Wildman–Crippen LogP) is 4.62. The molecule has 1 heterocycles. The van der Waals surface area contributed by atoms with Gasteiger partial charge in [0.2, 0.25) is 11.8 Å². The Bertz CT molecular complexity index is 1300. The van der Waals surface area contributed by atoms with Crippen molar-refractivity contribution in [1.82, 2.24) is 4.57 Å². The van der Waals surface area contributed by atoms with Gasteiger partial charge in [-0.05, 0) is 30.3 Å². The molecule has 0 radical (unpaired) electrons. The zero-order valence-electron chi connectivity index (χ0n) is 16.3. The van der Waals surface area contributed by atoms with Gasteiger partial charge in [0.1, 0.15) is 12.3 Å². The van der Waals surface area contributed by atoms with Crippen molar-refractivity contribution < 1.29 is 19.8 Å². The molecule has 4 rings (SSSR count). The highest BCUT2D eigenvalue weighted by Crippen LogP contribution is 2.39. The van der Waals surface area contributed by atoms with Crippen LogP contribution >= 0.6 is 0 Å². The van der Waals surface area contributed by atoms with Gasteiger partial charge in [0.15, 0.2) is 5.69 Å². The number of azo groups is 1. The van der Waals surface area contributed by atoms with Crippen LogP contribution in [0.5, 0.6) is 11.6 Å². The number of nitrogens with one attached hydrogen (secondary N) is 1. The molecule has 0 bridgehead atoms. The average molecular weight is 414 g/mol. The van der Waals surface area contributed by atoms with Gasteiger partial charge in [0, 0.05) is 11.1 Å². The van der Waals surface area contributed by atoms with Crippen LogP contribution in [-0.4, -0.2) is 26.6 Å². The van der Waals surface area contributed by atoms with Crippen LogP contribution in [0.2, 0.25) is 0 Å². The maximum Gasteiger partial charge on any atom is 0.299 e. The van der Waals surface area contributed by atoms with Gasteiger partial charge in [0.25, 0.3) is 5.91 Å². The largest absolute Gasteiger partial charge is 0.507 e. The van der Waals surface area contributed by atoms with E-state index < -0.39 is 5.91 Å². The molecule has 0 aliphatic carbocycles. The van der Waals surface area contributed by atoms with E-state index in [4.69, 9.17) is 0 Å². The SMILES string of the molecule is O=C(Cn1c(O)c(N=NC(=O)c2ccccc2O)c2ccccc21)Nc1ccccc1. The Morgan fingerprint density at radius 1 is 0.871 bits per heavy atom. The van der Waals surface area contributed by atoms with E-state index in [1.165, 1.54) is 16.7 Å². The first-order valence-electron chi connectivity index (χ1n) is 9.44. The summed E-state index contributed by atoms with van der Waals surface area (Å²) in [5.74, 6) is -1.60. The number of carbonyl (C=O) groups is 2. The van der Waals surface area contributed by atoms with Gasteiger partial charge in [-0.25, -0.2) is 0 Å². The predicted molar refractivity (Wildman–Crippen MR) is 116 cm³/mol. The second-order valence-electron chi connectivity index (χ2n) is 6.71. The molecule has 0 aliphatic heterocycles. The number of anilines is 1. The average Bonchev–Trinajstić information content (AvgIpc) is 3.04. The summed E-state index contributed by atoms with van der Waals surface area (Å²) in [5, 5.41) is 31.4. The van der Waals surface area contributed by atoms with Crippen LogP contribution in [-0.2, 0) is 11.3 Å². The van der Waals surface area contributed by atoms with Gasteiger partial charge in [-0.1, -0.05) is 48.5 Å². The van der Waals surface area contributed by atoms with Crippen LogP contribution in [0.15, 0.2) is 89.1 Å². The van der Waals surface area contributed by atoms with Crippen molar-refractivity contribution in [2.24, 2.45) is 10.2 Å². The van der Waals surface area contributed by atoms with E-state index in [-0.39, 0.29) is 35.3 Å². The van der Waals surface area contributed by atoms with Crippen LogP contribution in [0.4, 0.5) is 11.4 Å². The van der Waals surface area contributed by atoms with Gasteiger partial charge < -0.3 is 20.1 Å². The number of hydrogen-bond donors (Lipinski definition) is 3. The fourth-order valence-electron chi connectivity index (χ4n) is 3.20. The van der Waals surface area contributed by atoms with Crippen molar-refractivity contribution in [3.63, 3.8) is 0 Å². The molecule has 1 aromatic heterocycles. The van der Waals surface area contributed by atoms with Crippen molar-refractivity contribution in [3.05, 3.63) is 84.4 Å². The summed E-state index contributed by atoms with van der Waals surface area (Å²) in [6.07, 6.45) is 0. The number of phenolic OH excluding ortho intramolecular Hbond substituents is 1. The second-order valence-corrected chi connectivity index (χ2v) is 6.71. The zero-order chi connectivity index (χ0) is 21.8. The molecule has 0 aliphatic rings. The number of hydrogen-bond acceptors (Lipinski definition) is 5. The summed E-state index contributed by atoms with van der Waals surface area (Å²) in [5.41, 5.74) is 1.26. The van der Waals surface area contributed by atoms with E-state index in [0.29, 0.717) is 16.6 Å². The standard InChI is InChI=1S/C23H18N4O4/c28-19-13-7-5-11-17(19)22(30)26-25-21-16-10-4-6-12-18(16)27(23(21)31)14-20(29)24-15-8-2-1-3-9-15/h1-13,28,31H,14H2,(H,24,29). The van der Waals surface area contributed by atoms with Crippen LogP contribution in [0.3, 0.4) is 0 Å². The number of carbonyl (C=O) groups excluding carboxylic acids is 2. The molecule has 154 valence electrons. The lowest BCUT2D eigenvalue weighted by molar-refractivity contribution is -0.116. The molecule has 31 heavy (non-hydrogen) atoms. The van der Waals surface area contributed by atoms with Gasteiger partial charge in [-0.15, -0.1) is 10.2 Å². The van der Waals surface area contributed by atoms with Crippen molar-refractivity contribution in [3.8, 4) is 11.6 Å². The number of fused-ring (bicyclic) bond motifs is 1. The molecule has 3 N–H and O–H groups in total. The molecule has 0 fully saturated rings. The molecular formula is C23H18N4O4. The number of rotatable bonds is 5. The van der Waals surface area contributed by atoms with Crippen molar-refractivity contribution in [2.75, 3.05) is 5.32 Å². The Hall–Kier alpha value is -4.46. The Labute approximate surface area is 177 Å². The normalized spacial score (nSPS) is 11.1. The van der Waals surface area contributed by atoms with Gasteiger partial charge in [0.05, 0.1) is 11.1 Å². The topological polar surface area (TPSA) is 116 Å². The van der Waals surface area contributed by atoms with E-state index in [1.807, 2.05) is 6.07 Å². The minimum Gasteiger partial charge on any atom is -0.507 e. The molecule has 8 heteroatoms. The van der Waals surface area contributed by atoms with Gasteiger partial charge in [-0.2, -0.15) is 0 Å². The molecule has 0 saturated carbocycles. The summed E-state index contributed by atoms with van der Waals surface area (Å²) >= 11 is 0. The minimum atomic E-state index is -0.754. The first kappa shape index (κ1) is 19.8. The summed E-state index contributed by atoms with van der Waals surface area (Å²) in [6.45, 7) is -0.163. The maximum absolute atomic E-state index is 12.5. The highest BCUT2D eigenvalue weighted by molar-refractivity contribution is 5.99. The lowest BCUT2D eigenvalue weighted by Crippen LogP contribution is -2.18. The van der Waals surface area contributed by atoms with Crippen LogP contribution < -0.4 is 5.32 Å². The van der Waals surface area contributed by atoms with E-state index in [0.717, 1.165) is 0 Å². The van der Waals surface area contributed by atoms with E-state index in [1.54, 1.807) is 60.7 Å². The summed E-state index contributed by atoms with van der Waals surface area (Å²) in [4.78, 5) is 24.8. The quantitative estimate of drug-likeness (QED) is 0.413. The maximum atomic E-state index is 12.5. The third kappa shape index (κ3) is 4.13. The second kappa shape index (κ2) is 8.50. The highest BCUT2D eigenvalue weighted by atomic mass is 16.3. The summed E-state index contributed by atoms with van der Waals surface area (Å²) < 4.78 is 1.40. The first-order valence-corrected chi connectivity index (χ1v) is 9.44. The Morgan fingerprint density at radius 2 is 1.55 bits per heavy atom. The number of phenols is 1. The van der Waals surface area contributed by atoms with Crippen LogP contribution in [0.25, 0.3) is 10.9 Å². The molecule has 0 atom stereocenters. The number of aromatic hydroxyl groups is 2. The lowest BCUT2D eigenvalue weighted by Gasteiger charge is -2.08.